The Balaban J connectivity index is 1.98. The molecule has 0 saturated heterocycles. The van der Waals surface area contributed by atoms with Gasteiger partial charge in [0.25, 0.3) is 0 Å². The minimum absolute atomic E-state index is 0.430. The van der Waals surface area contributed by atoms with Crippen molar-refractivity contribution in [3.05, 3.63) is 18.2 Å². The summed E-state index contributed by atoms with van der Waals surface area (Å²) < 4.78 is 20.8. The van der Waals surface area contributed by atoms with E-state index in [1.807, 2.05) is 6.07 Å². The molecule has 0 saturated carbocycles. The molecule has 1 heterocycles. The van der Waals surface area contributed by atoms with E-state index in [0.717, 1.165) is 0 Å². The number of nitrogens with one attached hydrogen (secondary N) is 1. The predicted molar refractivity (Wildman–Crippen MR) is 71.1 cm³/mol. The van der Waals surface area contributed by atoms with E-state index in [2.05, 4.69) is 10.4 Å². The normalized spacial score (nSPS) is 10.4. The third-order valence-electron chi connectivity index (χ3n) is 2.15. The van der Waals surface area contributed by atoms with Crippen molar-refractivity contribution in [2.45, 2.75) is 0 Å². The van der Waals surface area contributed by atoms with Crippen LogP contribution in [0.4, 0.5) is 5.82 Å². The maximum atomic E-state index is 5.40. The lowest BCUT2D eigenvalue weighted by Crippen LogP contribution is -2.13. The van der Waals surface area contributed by atoms with Gasteiger partial charge in [-0.1, -0.05) is 6.07 Å². The largest absolute Gasteiger partial charge is 0.475 e. The number of hydrogen-bond donors (Lipinski definition) is 2. The minimum Gasteiger partial charge on any atom is -0.475 e. The Kier molecular flexibility index (Phi) is 8.65. The smallest absolute Gasteiger partial charge is 0.215 e. The fourth-order valence-electron chi connectivity index (χ4n) is 1.24. The highest BCUT2D eigenvalue weighted by Crippen LogP contribution is 2.09. The van der Waals surface area contributed by atoms with E-state index in [-0.39, 0.29) is 0 Å². The summed E-state index contributed by atoms with van der Waals surface area (Å²) in [6.45, 7) is 3.17. The standard InChI is InChI=1S/C12H21N3O4/c1-16-5-6-17-7-8-18-9-10-19-12-4-2-3-11(14-12)15-13/h2-4H,5-10,13H2,1H3,(H,14,15). The molecule has 108 valence electrons. The van der Waals surface area contributed by atoms with Crippen LogP contribution in [0.3, 0.4) is 0 Å². The third kappa shape index (κ3) is 7.58. The lowest BCUT2D eigenvalue weighted by molar-refractivity contribution is 0.0177. The van der Waals surface area contributed by atoms with E-state index < -0.39 is 0 Å². The van der Waals surface area contributed by atoms with Crippen LogP contribution in [0, 0.1) is 0 Å². The Labute approximate surface area is 113 Å². The van der Waals surface area contributed by atoms with Crippen LogP contribution in [0.1, 0.15) is 0 Å². The van der Waals surface area contributed by atoms with Gasteiger partial charge in [0.1, 0.15) is 12.4 Å². The SMILES string of the molecule is COCCOCCOCCOc1cccc(NN)n1. The monoisotopic (exact) mass is 271 g/mol. The van der Waals surface area contributed by atoms with Crippen LogP contribution in [0.15, 0.2) is 18.2 Å². The first-order valence-corrected chi connectivity index (χ1v) is 6.07. The van der Waals surface area contributed by atoms with Gasteiger partial charge in [0, 0.05) is 13.2 Å². The molecular formula is C12H21N3O4. The zero-order valence-electron chi connectivity index (χ0n) is 11.1. The second-order valence-corrected chi connectivity index (χ2v) is 3.57. The van der Waals surface area contributed by atoms with Gasteiger partial charge in [0.2, 0.25) is 5.88 Å². The molecule has 7 heteroatoms. The Morgan fingerprint density at radius 3 is 2.42 bits per heavy atom. The van der Waals surface area contributed by atoms with Gasteiger partial charge < -0.3 is 24.4 Å². The number of anilines is 1. The molecule has 19 heavy (non-hydrogen) atoms. The fourth-order valence-corrected chi connectivity index (χ4v) is 1.24. The van der Waals surface area contributed by atoms with Crippen molar-refractivity contribution in [1.29, 1.82) is 0 Å². The van der Waals surface area contributed by atoms with Gasteiger partial charge in [-0.25, -0.2) is 5.84 Å². The molecule has 0 radical (unpaired) electrons. The Morgan fingerprint density at radius 1 is 1.05 bits per heavy atom. The Hall–Kier alpha value is -1.41. The summed E-state index contributed by atoms with van der Waals surface area (Å²) in [6.07, 6.45) is 0. The molecule has 1 aromatic rings. The fraction of sp³-hybridized carbons (Fsp3) is 0.583. The summed E-state index contributed by atoms with van der Waals surface area (Å²) in [4.78, 5) is 4.11. The second-order valence-electron chi connectivity index (χ2n) is 3.57. The van der Waals surface area contributed by atoms with Crippen LogP contribution in [-0.2, 0) is 14.2 Å². The predicted octanol–water partition coefficient (Wildman–Crippen LogP) is 0.426. The first-order valence-electron chi connectivity index (χ1n) is 6.07. The number of nitrogens with zero attached hydrogens (tertiary/aromatic N) is 1. The summed E-state index contributed by atoms with van der Waals surface area (Å²) in [6, 6.07) is 5.32. The zero-order valence-corrected chi connectivity index (χ0v) is 11.1. The van der Waals surface area contributed by atoms with Gasteiger partial charge in [-0.2, -0.15) is 4.98 Å². The van der Waals surface area contributed by atoms with Crippen molar-refractivity contribution in [2.24, 2.45) is 5.84 Å². The summed E-state index contributed by atoms with van der Waals surface area (Å²) >= 11 is 0. The Morgan fingerprint density at radius 2 is 1.74 bits per heavy atom. The highest BCUT2D eigenvalue weighted by molar-refractivity contribution is 5.35. The van der Waals surface area contributed by atoms with Gasteiger partial charge in [-0.3, -0.25) is 0 Å². The molecule has 0 amide bonds. The number of methoxy groups -OCH3 is 1. The maximum absolute atomic E-state index is 5.40. The van der Waals surface area contributed by atoms with E-state index in [4.69, 9.17) is 24.8 Å². The van der Waals surface area contributed by atoms with Gasteiger partial charge >= 0.3 is 0 Å². The van der Waals surface area contributed by atoms with Crippen molar-refractivity contribution in [3.63, 3.8) is 0 Å². The number of nitrogen functional groups attached to an aromatic ring is 1. The van der Waals surface area contributed by atoms with E-state index in [9.17, 15) is 0 Å². The van der Waals surface area contributed by atoms with Crippen molar-refractivity contribution in [3.8, 4) is 5.88 Å². The molecule has 7 nitrogen and oxygen atoms in total. The number of hydrazine groups is 1. The quantitative estimate of drug-likeness (QED) is 0.343. The molecular weight excluding hydrogens is 250 g/mol. The molecule has 0 atom stereocenters. The number of hydrogen-bond acceptors (Lipinski definition) is 7. The van der Waals surface area contributed by atoms with Crippen LogP contribution in [-0.4, -0.2) is 51.7 Å². The molecule has 0 aliphatic rings. The summed E-state index contributed by atoms with van der Waals surface area (Å²) in [5, 5.41) is 0. The number of nitrogens with two attached hydrogens (primary N) is 1. The summed E-state index contributed by atoms with van der Waals surface area (Å²) in [5.41, 5.74) is 2.45. The summed E-state index contributed by atoms with van der Waals surface area (Å²) in [5.74, 6) is 6.32. The van der Waals surface area contributed by atoms with E-state index in [1.54, 1.807) is 19.2 Å². The van der Waals surface area contributed by atoms with E-state index >= 15 is 0 Å². The van der Waals surface area contributed by atoms with Crippen molar-refractivity contribution >= 4 is 5.82 Å². The van der Waals surface area contributed by atoms with Crippen LogP contribution >= 0.6 is 0 Å². The molecule has 0 aromatic carbocycles. The zero-order chi connectivity index (χ0) is 13.8. The van der Waals surface area contributed by atoms with Gasteiger partial charge in [-0.05, 0) is 6.07 Å². The average Bonchev–Trinajstić information content (AvgIpc) is 2.46. The van der Waals surface area contributed by atoms with Crippen molar-refractivity contribution < 1.29 is 18.9 Å². The van der Waals surface area contributed by atoms with Gasteiger partial charge in [-0.15, -0.1) is 0 Å². The van der Waals surface area contributed by atoms with Gasteiger partial charge in [0.05, 0.1) is 33.0 Å². The lowest BCUT2D eigenvalue weighted by atomic mass is 10.4. The molecule has 1 aromatic heterocycles. The van der Waals surface area contributed by atoms with E-state index in [1.165, 1.54) is 0 Å². The average molecular weight is 271 g/mol. The van der Waals surface area contributed by atoms with Crippen LogP contribution < -0.4 is 16.0 Å². The number of ether oxygens (including phenoxy) is 4. The molecule has 0 unspecified atom stereocenters. The van der Waals surface area contributed by atoms with Crippen molar-refractivity contribution in [2.75, 3.05) is 52.2 Å². The van der Waals surface area contributed by atoms with Crippen LogP contribution in [0.5, 0.6) is 5.88 Å². The number of pyridine rings is 1. The van der Waals surface area contributed by atoms with E-state index in [0.29, 0.717) is 51.3 Å². The van der Waals surface area contributed by atoms with Gasteiger partial charge in [0.15, 0.2) is 0 Å². The third-order valence-corrected chi connectivity index (χ3v) is 2.15. The molecule has 0 aliphatic carbocycles. The maximum Gasteiger partial charge on any atom is 0.215 e. The van der Waals surface area contributed by atoms with Crippen LogP contribution in [0.2, 0.25) is 0 Å². The van der Waals surface area contributed by atoms with Crippen molar-refractivity contribution in [1.82, 2.24) is 4.98 Å². The summed E-state index contributed by atoms with van der Waals surface area (Å²) in [7, 11) is 1.64. The lowest BCUT2D eigenvalue weighted by Gasteiger charge is -2.08. The topological polar surface area (TPSA) is 87.9 Å². The Bertz CT molecular complexity index is 339. The molecule has 0 spiro atoms. The molecule has 0 fully saturated rings. The minimum atomic E-state index is 0.430. The molecule has 0 bridgehead atoms. The van der Waals surface area contributed by atoms with Crippen LogP contribution in [0.25, 0.3) is 0 Å². The molecule has 1 rings (SSSR count). The first-order chi connectivity index (χ1) is 9.36. The molecule has 0 aliphatic heterocycles. The highest BCUT2D eigenvalue weighted by Gasteiger charge is 1.97. The molecule has 3 N–H and O–H groups in total. The highest BCUT2D eigenvalue weighted by atomic mass is 16.6. The number of rotatable bonds is 11. The first kappa shape index (κ1) is 15.6. The second kappa shape index (κ2) is 10.5. The number of aromatic nitrogens is 1.